The molecule has 1 heterocycles. The van der Waals surface area contributed by atoms with Gasteiger partial charge in [-0.05, 0) is 48.7 Å². The molecule has 2 aromatic carbocycles. The van der Waals surface area contributed by atoms with Crippen LogP contribution in [-0.4, -0.2) is 15.9 Å². The summed E-state index contributed by atoms with van der Waals surface area (Å²) in [5, 5.41) is 9.38. The molecule has 0 fully saturated rings. The van der Waals surface area contributed by atoms with E-state index in [1.807, 2.05) is 55.5 Å². The van der Waals surface area contributed by atoms with Gasteiger partial charge in [0.1, 0.15) is 5.82 Å². The van der Waals surface area contributed by atoms with E-state index in [2.05, 4.69) is 45.8 Å². The zero-order valence-electron chi connectivity index (χ0n) is 16.6. The van der Waals surface area contributed by atoms with Crippen molar-refractivity contribution in [2.75, 3.05) is 16.0 Å². The molecule has 0 spiro atoms. The fourth-order valence-corrected chi connectivity index (χ4v) is 2.91. The van der Waals surface area contributed by atoms with Gasteiger partial charge in [0.25, 0.3) is 0 Å². The molecule has 1 aromatic heterocycles. The van der Waals surface area contributed by atoms with Gasteiger partial charge in [-0.15, -0.1) is 0 Å². The van der Waals surface area contributed by atoms with Gasteiger partial charge in [-0.25, -0.2) is 4.98 Å². The molecule has 0 bridgehead atoms. The first-order chi connectivity index (χ1) is 13.4. The van der Waals surface area contributed by atoms with Crippen LogP contribution in [0.25, 0.3) is 0 Å². The molecule has 144 valence electrons. The van der Waals surface area contributed by atoms with Crippen LogP contribution in [0, 0.1) is 6.92 Å². The van der Waals surface area contributed by atoms with Gasteiger partial charge in [0.05, 0.1) is 0 Å². The van der Waals surface area contributed by atoms with E-state index in [9.17, 15) is 4.79 Å². The summed E-state index contributed by atoms with van der Waals surface area (Å²) in [6.45, 7) is 7.75. The van der Waals surface area contributed by atoms with E-state index in [1.54, 1.807) is 0 Å². The number of nitrogens with one attached hydrogen (secondary N) is 3. The first kappa shape index (κ1) is 19.4. The highest BCUT2D eigenvalue weighted by Crippen LogP contribution is 2.26. The second-order valence-electron chi connectivity index (χ2n) is 6.97. The van der Waals surface area contributed by atoms with Gasteiger partial charge in [-0.3, -0.25) is 4.79 Å². The number of nitrogens with zero attached hydrogens (tertiary/aromatic N) is 2. The van der Waals surface area contributed by atoms with Crippen LogP contribution in [-0.2, 0) is 4.79 Å². The van der Waals surface area contributed by atoms with Gasteiger partial charge in [-0.1, -0.05) is 32.0 Å². The maximum absolute atomic E-state index is 11.1. The Morgan fingerprint density at radius 2 is 1.61 bits per heavy atom. The highest BCUT2D eigenvalue weighted by molar-refractivity contribution is 5.88. The first-order valence-corrected chi connectivity index (χ1v) is 9.27. The SMILES string of the molecule is CC(=O)Nc1ccc(Nc2cc(C)nc(Nc3ccccc3C(C)C)n2)cc1. The largest absolute Gasteiger partial charge is 0.340 e. The topological polar surface area (TPSA) is 78.9 Å². The smallest absolute Gasteiger partial charge is 0.229 e. The van der Waals surface area contributed by atoms with Crippen LogP contribution in [0.3, 0.4) is 0 Å². The Morgan fingerprint density at radius 3 is 2.29 bits per heavy atom. The molecule has 3 aromatic rings. The zero-order chi connectivity index (χ0) is 20.1. The molecular formula is C22H25N5O. The highest BCUT2D eigenvalue weighted by Gasteiger charge is 2.09. The van der Waals surface area contributed by atoms with Crippen molar-refractivity contribution in [2.24, 2.45) is 0 Å². The highest BCUT2D eigenvalue weighted by atomic mass is 16.1. The summed E-state index contributed by atoms with van der Waals surface area (Å²) in [6, 6.07) is 17.5. The predicted octanol–water partition coefficient (Wildman–Crippen LogP) is 5.35. The zero-order valence-corrected chi connectivity index (χ0v) is 16.6. The molecule has 28 heavy (non-hydrogen) atoms. The van der Waals surface area contributed by atoms with Gasteiger partial charge in [-0.2, -0.15) is 4.98 Å². The van der Waals surface area contributed by atoms with Crippen molar-refractivity contribution in [3.63, 3.8) is 0 Å². The lowest BCUT2D eigenvalue weighted by Gasteiger charge is -2.15. The average molecular weight is 375 g/mol. The molecule has 0 aliphatic heterocycles. The van der Waals surface area contributed by atoms with Crippen molar-refractivity contribution < 1.29 is 4.79 Å². The normalized spacial score (nSPS) is 10.6. The molecule has 0 saturated heterocycles. The first-order valence-electron chi connectivity index (χ1n) is 9.27. The number of aryl methyl sites for hydroxylation is 1. The van der Waals surface area contributed by atoms with Crippen LogP contribution < -0.4 is 16.0 Å². The van der Waals surface area contributed by atoms with Crippen molar-refractivity contribution >= 4 is 34.7 Å². The van der Waals surface area contributed by atoms with E-state index in [4.69, 9.17) is 0 Å². The minimum absolute atomic E-state index is 0.0930. The number of benzene rings is 2. The predicted molar refractivity (Wildman–Crippen MR) is 115 cm³/mol. The Bertz CT molecular complexity index is 967. The molecule has 0 aliphatic carbocycles. The van der Waals surface area contributed by atoms with Crippen LogP contribution >= 0.6 is 0 Å². The molecule has 0 aliphatic rings. The molecule has 0 radical (unpaired) electrons. The minimum atomic E-state index is -0.0930. The lowest BCUT2D eigenvalue weighted by atomic mass is 10.0. The number of anilines is 5. The second-order valence-corrected chi connectivity index (χ2v) is 6.97. The summed E-state index contributed by atoms with van der Waals surface area (Å²) < 4.78 is 0. The number of carbonyl (C=O) groups excluding carboxylic acids is 1. The third-order valence-electron chi connectivity index (χ3n) is 4.16. The third kappa shape index (κ3) is 5.07. The maximum Gasteiger partial charge on any atom is 0.229 e. The van der Waals surface area contributed by atoms with Crippen LogP contribution in [0.4, 0.5) is 28.8 Å². The standard InChI is InChI=1S/C22H25N5O/c1-14(2)19-7-5-6-8-20(19)26-22-23-15(3)13-21(27-22)25-18-11-9-17(10-12-18)24-16(4)28/h5-14H,1-4H3,(H,24,28)(H2,23,25,26,27). The van der Waals surface area contributed by atoms with Gasteiger partial charge in [0.15, 0.2) is 0 Å². The summed E-state index contributed by atoms with van der Waals surface area (Å²) in [6.07, 6.45) is 0. The lowest BCUT2D eigenvalue weighted by Crippen LogP contribution is -2.06. The Hall–Kier alpha value is -3.41. The van der Waals surface area contributed by atoms with Gasteiger partial charge in [0.2, 0.25) is 11.9 Å². The molecule has 3 rings (SSSR count). The van der Waals surface area contributed by atoms with Crippen LogP contribution in [0.2, 0.25) is 0 Å². The van der Waals surface area contributed by atoms with Crippen LogP contribution in [0.1, 0.15) is 37.9 Å². The molecule has 1 amide bonds. The Kier molecular flexibility index (Phi) is 5.89. The van der Waals surface area contributed by atoms with Crippen molar-refractivity contribution in [1.82, 2.24) is 9.97 Å². The quantitative estimate of drug-likeness (QED) is 0.541. The maximum atomic E-state index is 11.1. The summed E-state index contributed by atoms with van der Waals surface area (Å²) in [7, 11) is 0. The molecule has 6 heteroatoms. The van der Waals surface area contributed by atoms with Crippen LogP contribution in [0.15, 0.2) is 54.6 Å². The second kappa shape index (κ2) is 8.52. The minimum Gasteiger partial charge on any atom is -0.340 e. The van der Waals surface area contributed by atoms with Crippen LogP contribution in [0.5, 0.6) is 0 Å². The summed E-state index contributed by atoms with van der Waals surface area (Å²) in [5.74, 6) is 1.55. The van der Waals surface area contributed by atoms with Crippen molar-refractivity contribution in [3.05, 3.63) is 65.9 Å². The van der Waals surface area contributed by atoms with Crippen molar-refractivity contribution in [3.8, 4) is 0 Å². The number of carbonyl (C=O) groups is 1. The monoisotopic (exact) mass is 375 g/mol. The molecule has 3 N–H and O–H groups in total. The Labute approximate surface area is 165 Å². The van der Waals surface area contributed by atoms with Gasteiger partial charge in [0, 0.05) is 35.7 Å². The average Bonchev–Trinajstić information content (AvgIpc) is 2.63. The summed E-state index contributed by atoms with van der Waals surface area (Å²) >= 11 is 0. The van der Waals surface area contributed by atoms with E-state index in [0.29, 0.717) is 17.7 Å². The lowest BCUT2D eigenvalue weighted by molar-refractivity contribution is -0.114. The fourth-order valence-electron chi connectivity index (χ4n) is 2.91. The van der Waals surface area contributed by atoms with Crippen molar-refractivity contribution in [1.29, 1.82) is 0 Å². The molecule has 6 nitrogen and oxygen atoms in total. The summed E-state index contributed by atoms with van der Waals surface area (Å²) in [4.78, 5) is 20.2. The molecule has 0 saturated carbocycles. The number of hydrogen-bond donors (Lipinski definition) is 3. The van der Waals surface area contributed by atoms with E-state index < -0.39 is 0 Å². The Morgan fingerprint density at radius 1 is 0.929 bits per heavy atom. The van der Waals surface area contributed by atoms with Gasteiger partial charge < -0.3 is 16.0 Å². The number of hydrogen-bond acceptors (Lipinski definition) is 5. The number of aromatic nitrogens is 2. The van der Waals surface area contributed by atoms with E-state index >= 15 is 0 Å². The number of rotatable bonds is 6. The molecule has 0 unspecified atom stereocenters. The fraction of sp³-hybridized carbons (Fsp3) is 0.227. The van der Waals surface area contributed by atoms with Crippen molar-refractivity contribution in [2.45, 2.75) is 33.6 Å². The number of amides is 1. The van der Waals surface area contributed by atoms with E-state index in [-0.39, 0.29) is 5.91 Å². The van der Waals surface area contributed by atoms with E-state index in [0.717, 1.165) is 22.8 Å². The number of para-hydroxylation sites is 1. The van der Waals surface area contributed by atoms with Gasteiger partial charge >= 0.3 is 0 Å². The Balaban J connectivity index is 1.79. The molecular weight excluding hydrogens is 350 g/mol. The molecule has 0 atom stereocenters. The summed E-state index contributed by atoms with van der Waals surface area (Å²) in [5.41, 5.74) is 4.71. The van der Waals surface area contributed by atoms with E-state index in [1.165, 1.54) is 12.5 Å². The third-order valence-corrected chi connectivity index (χ3v) is 4.16.